The van der Waals surface area contributed by atoms with Gasteiger partial charge in [0.1, 0.15) is 0 Å². The lowest BCUT2D eigenvalue weighted by molar-refractivity contribution is 0.531. The van der Waals surface area contributed by atoms with Crippen LogP contribution in [0.4, 0.5) is 0 Å². The second-order valence-corrected chi connectivity index (χ2v) is 5.63. The molecule has 0 spiro atoms. The van der Waals surface area contributed by atoms with E-state index in [4.69, 9.17) is 23.2 Å². The average molecular weight is 312 g/mol. The van der Waals surface area contributed by atoms with Gasteiger partial charge < -0.3 is 5.32 Å². The third kappa shape index (κ3) is 3.35. The highest BCUT2D eigenvalue weighted by Crippen LogP contribution is 2.22. The molecule has 2 aromatic rings. The second kappa shape index (κ2) is 6.61. The van der Waals surface area contributed by atoms with Crippen molar-refractivity contribution in [3.8, 4) is 0 Å². The van der Waals surface area contributed by atoms with Crippen molar-refractivity contribution >= 4 is 23.2 Å². The molecule has 0 aliphatic heterocycles. The van der Waals surface area contributed by atoms with E-state index >= 15 is 0 Å². The van der Waals surface area contributed by atoms with Crippen LogP contribution in [0.5, 0.6) is 0 Å². The molecule has 1 heterocycles. The molecule has 0 saturated carbocycles. The van der Waals surface area contributed by atoms with Crippen molar-refractivity contribution in [1.82, 2.24) is 15.1 Å². The molecule has 0 radical (unpaired) electrons. The quantitative estimate of drug-likeness (QED) is 0.888. The van der Waals surface area contributed by atoms with Crippen molar-refractivity contribution in [2.24, 2.45) is 0 Å². The average Bonchev–Trinajstić information content (AvgIpc) is 2.71. The van der Waals surface area contributed by atoms with Crippen LogP contribution < -0.4 is 5.32 Å². The molecule has 0 amide bonds. The second-order valence-electron chi connectivity index (χ2n) is 4.82. The van der Waals surface area contributed by atoms with Crippen LogP contribution in [0.2, 0.25) is 10.0 Å². The molecular weight excluding hydrogens is 293 g/mol. The maximum atomic E-state index is 6.30. The zero-order valence-electron chi connectivity index (χ0n) is 12.0. The fraction of sp³-hybridized carbons (Fsp3) is 0.400. The largest absolute Gasteiger partial charge is 0.305 e. The van der Waals surface area contributed by atoms with Gasteiger partial charge in [-0.1, -0.05) is 35.3 Å². The summed E-state index contributed by atoms with van der Waals surface area (Å²) in [7, 11) is 0. The predicted molar refractivity (Wildman–Crippen MR) is 84.4 cm³/mol. The highest BCUT2D eigenvalue weighted by atomic mass is 35.5. The van der Waals surface area contributed by atoms with Crippen molar-refractivity contribution in [3.05, 3.63) is 51.3 Å². The molecule has 0 aliphatic rings. The standard InChI is InChI=1S/C15H19Cl2N3/c1-4-20-14(15(17)11(3)19-20)9-18-10(2)12-6-5-7-13(16)8-12/h5-8,10,18H,4,9H2,1-3H3/t10-/m0/s1. The van der Waals surface area contributed by atoms with E-state index in [9.17, 15) is 0 Å². The lowest BCUT2D eigenvalue weighted by Gasteiger charge is -2.15. The van der Waals surface area contributed by atoms with Gasteiger partial charge in [0.05, 0.1) is 16.4 Å². The van der Waals surface area contributed by atoms with Crippen molar-refractivity contribution < 1.29 is 0 Å². The summed E-state index contributed by atoms with van der Waals surface area (Å²) < 4.78 is 1.94. The summed E-state index contributed by atoms with van der Waals surface area (Å²) in [6, 6.07) is 8.08. The number of aryl methyl sites for hydroxylation is 2. The lowest BCUT2D eigenvalue weighted by Crippen LogP contribution is -2.20. The van der Waals surface area contributed by atoms with E-state index < -0.39 is 0 Å². The van der Waals surface area contributed by atoms with Crippen LogP contribution in [0.25, 0.3) is 0 Å². The Morgan fingerprint density at radius 2 is 2.10 bits per heavy atom. The summed E-state index contributed by atoms with van der Waals surface area (Å²) in [5.41, 5.74) is 3.06. The van der Waals surface area contributed by atoms with Gasteiger partial charge in [-0.15, -0.1) is 0 Å². The molecular formula is C15H19Cl2N3. The van der Waals surface area contributed by atoms with Gasteiger partial charge in [-0.05, 0) is 38.5 Å². The van der Waals surface area contributed by atoms with Crippen LogP contribution in [0.3, 0.4) is 0 Å². The zero-order valence-corrected chi connectivity index (χ0v) is 13.5. The first-order valence-corrected chi connectivity index (χ1v) is 7.49. The van der Waals surface area contributed by atoms with E-state index in [0.29, 0.717) is 6.54 Å². The summed E-state index contributed by atoms with van der Waals surface area (Å²) in [6.07, 6.45) is 0. The molecule has 0 bridgehead atoms. The summed E-state index contributed by atoms with van der Waals surface area (Å²) >= 11 is 12.3. The maximum absolute atomic E-state index is 6.30. The number of rotatable bonds is 5. The fourth-order valence-electron chi connectivity index (χ4n) is 2.18. The van der Waals surface area contributed by atoms with Crippen LogP contribution in [-0.2, 0) is 13.1 Å². The van der Waals surface area contributed by atoms with Crippen LogP contribution in [0.1, 0.15) is 36.8 Å². The number of hydrogen-bond donors (Lipinski definition) is 1. The Labute approximate surface area is 129 Å². The molecule has 1 N–H and O–H groups in total. The SMILES string of the molecule is CCn1nc(C)c(Cl)c1CN[C@@H](C)c1cccc(Cl)c1. The van der Waals surface area contributed by atoms with Crippen LogP contribution in [-0.4, -0.2) is 9.78 Å². The smallest absolute Gasteiger partial charge is 0.0860 e. The Balaban J connectivity index is 2.09. The molecule has 1 aromatic carbocycles. The van der Waals surface area contributed by atoms with Gasteiger partial charge in [-0.2, -0.15) is 5.10 Å². The Kier molecular flexibility index (Phi) is 5.08. The van der Waals surface area contributed by atoms with Crippen LogP contribution >= 0.6 is 23.2 Å². The maximum Gasteiger partial charge on any atom is 0.0860 e. The minimum absolute atomic E-state index is 0.199. The van der Waals surface area contributed by atoms with Gasteiger partial charge in [0.15, 0.2) is 0 Å². The predicted octanol–water partition coefficient (Wildman–Crippen LogP) is 4.37. The van der Waals surface area contributed by atoms with E-state index in [0.717, 1.165) is 33.5 Å². The minimum atomic E-state index is 0.199. The van der Waals surface area contributed by atoms with E-state index in [-0.39, 0.29) is 6.04 Å². The first kappa shape index (κ1) is 15.4. The molecule has 1 atom stereocenters. The molecule has 2 rings (SSSR count). The fourth-order valence-corrected chi connectivity index (χ4v) is 2.58. The molecule has 1 aromatic heterocycles. The number of aromatic nitrogens is 2. The number of hydrogen-bond acceptors (Lipinski definition) is 2. The topological polar surface area (TPSA) is 29.9 Å². The van der Waals surface area contributed by atoms with E-state index in [1.807, 2.05) is 29.8 Å². The summed E-state index contributed by atoms with van der Waals surface area (Å²) in [6.45, 7) is 7.60. The molecule has 20 heavy (non-hydrogen) atoms. The number of nitrogens with zero attached hydrogens (tertiary/aromatic N) is 2. The first-order valence-electron chi connectivity index (χ1n) is 6.73. The number of nitrogens with one attached hydrogen (secondary N) is 1. The number of benzene rings is 1. The molecule has 0 unspecified atom stereocenters. The Morgan fingerprint density at radius 1 is 1.35 bits per heavy atom. The van der Waals surface area contributed by atoms with Gasteiger partial charge in [0.2, 0.25) is 0 Å². The zero-order chi connectivity index (χ0) is 14.7. The van der Waals surface area contributed by atoms with E-state index in [1.54, 1.807) is 0 Å². The highest BCUT2D eigenvalue weighted by Gasteiger charge is 2.13. The minimum Gasteiger partial charge on any atom is -0.305 e. The molecule has 0 aliphatic carbocycles. The van der Waals surface area contributed by atoms with Gasteiger partial charge >= 0.3 is 0 Å². The van der Waals surface area contributed by atoms with Gasteiger partial charge in [-0.25, -0.2) is 0 Å². The molecule has 108 valence electrons. The molecule has 5 heteroatoms. The van der Waals surface area contributed by atoms with E-state index in [1.165, 1.54) is 0 Å². The molecule has 3 nitrogen and oxygen atoms in total. The third-order valence-electron chi connectivity index (χ3n) is 3.38. The monoisotopic (exact) mass is 311 g/mol. The summed E-state index contributed by atoms with van der Waals surface area (Å²) in [5, 5.41) is 9.39. The third-order valence-corrected chi connectivity index (χ3v) is 4.10. The van der Waals surface area contributed by atoms with Crippen molar-refractivity contribution in [1.29, 1.82) is 0 Å². The highest BCUT2D eigenvalue weighted by molar-refractivity contribution is 6.31. The normalized spacial score (nSPS) is 12.7. The molecule has 0 saturated heterocycles. The first-order chi connectivity index (χ1) is 9.52. The summed E-state index contributed by atoms with van der Waals surface area (Å²) in [4.78, 5) is 0. The summed E-state index contributed by atoms with van der Waals surface area (Å²) in [5.74, 6) is 0. The molecule has 0 fully saturated rings. The van der Waals surface area contributed by atoms with Crippen molar-refractivity contribution in [3.63, 3.8) is 0 Å². The van der Waals surface area contributed by atoms with Crippen LogP contribution in [0, 0.1) is 6.92 Å². The van der Waals surface area contributed by atoms with Gasteiger partial charge in [-0.3, -0.25) is 4.68 Å². The van der Waals surface area contributed by atoms with Crippen molar-refractivity contribution in [2.45, 2.75) is 39.9 Å². The van der Waals surface area contributed by atoms with Gasteiger partial charge in [0, 0.05) is 24.2 Å². The lowest BCUT2D eigenvalue weighted by atomic mass is 10.1. The Bertz CT molecular complexity index is 593. The van der Waals surface area contributed by atoms with Crippen molar-refractivity contribution in [2.75, 3.05) is 0 Å². The number of halogens is 2. The van der Waals surface area contributed by atoms with Gasteiger partial charge in [0.25, 0.3) is 0 Å². The Morgan fingerprint density at radius 3 is 2.75 bits per heavy atom. The Hall–Kier alpha value is -1.03. The van der Waals surface area contributed by atoms with Crippen LogP contribution in [0.15, 0.2) is 24.3 Å². The van der Waals surface area contributed by atoms with E-state index in [2.05, 4.69) is 30.3 Å².